The number of hydrogen-bond acceptors (Lipinski definition) is 4. The number of ether oxygens (including phenoxy) is 1. The second-order valence-electron chi connectivity index (χ2n) is 7.16. The lowest BCUT2D eigenvalue weighted by Gasteiger charge is -2.43. The van der Waals surface area contributed by atoms with Gasteiger partial charge in [-0.15, -0.1) is 24.8 Å². The summed E-state index contributed by atoms with van der Waals surface area (Å²) in [5.41, 5.74) is 7.05. The number of rotatable bonds is 3. The lowest BCUT2D eigenvalue weighted by molar-refractivity contribution is -0.135. The maximum absolute atomic E-state index is 12.7. The summed E-state index contributed by atoms with van der Waals surface area (Å²) in [5, 5.41) is 0. The molecule has 0 saturated carbocycles. The van der Waals surface area contributed by atoms with Gasteiger partial charge in [0.15, 0.2) is 0 Å². The van der Waals surface area contributed by atoms with Crippen LogP contribution in [0.25, 0.3) is 0 Å². The van der Waals surface area contributed by atoms with E-state index in [-0.39, 0.29) is 30.7 Å². The SMILES string of the molecule is C[C@@H]1CN(C2CCN(C(=O)[C@H](N)c3ccccc3)CC2)C[C@H](C)O1.Cl.Cl. The zero-order valence-electron chi connectivity index (χ0n) is 15.5. The fraction of sp³-hybridized carbons (Fsp3) is 0.632. The van der Waals surface area contributed by atoms with E-state index in [1.54, 1.807) is 0 Å². The molecule has 0 spiro atoms. The van der Waals surface area contributed by atoms with Gasteiger partial charge in [0, 0.05) is 32.2 Å². The minimum Gasteiger partial charge on any atom is -0.373 e. The number of nitrogens with two attached hydrogens (primary N) is 1. The van der Waals surface area contributed by atoms with E-state index in [0.717, 1.165) is 44.6 Å². The first kappa shape index (κ1) is 23.2. The van der Waals surface area contributed by atoms with Crippen molar-refractivity contribution in [2.24, 2.45) is 5.73 Å². The Hall–Kier alpha value is -0.850. The van der Waals surface area contributed by atoms with Crippen LogP contribution in [0.2, 0.25) is 0 Å². The average Bonchev–Trinajstić information content (AvgIpc) is 2.60. The van der Waals surface area contributed by atoms with E-state index in [4.69, 9.17) is 10.5 Å². The summed E-state index contributed by atoms with van der Waals surface area (Å²) in [6.45, 7) is 7.85. The van der Waals surface area contributed by atoms with Gasteiger partial charge in [-0.2, -0.15) is 0 Å². The van der Waals surface area contributed by atoms with Crippen molar-refractivity contribution >= 4 is 30.7 Å². The predicted molar refractivity (Wildman–Crippen MR) is 109 cm³/mol. The van der Waals surface area contributed by atoms with Gasteiger partial charge in [-0.25, -0.2) is 0 Å². The first-order valence-electron chi connectivity index (χ1n) is 9.03. The van der Waals surface area contributed by atoms with Crippen molar-refractivity contribution in [3.63, 3.8) is 0 Å². The van der Waals surface area contributed by atoms with Crippen LogP contribution in [0.4, 0.5) is 0 Å². The van der Waals surface area contributed by atoms with Crippen molar-refractivity contribution in [3.05, 3.63) is 35.9 Å². The molecule has 2 saturated heterocycles. The minimum atomic E-state index is -0.550. The van der Waals surface area contributed by atoms with Gasteiger partial charge >= 0.3 is 0 Å². The van der Waals surface area contributed by atoms with Crippen LogP contribution in [0.3, 0.4) is 0 Å². The van der Waals surface area contributed by atoms with Gasteiger partial charge in [0.05, 0.1) is 12.2 Å². The number of carbonyl (C=O) groups excluding carboxylic acids is 1. The van der Waals surface area contributed by atoms with Gasteiger partial charge in [-0.1, -0.05) is 30.3 Å². The highest BCUT2D eigenvalue weighted by Crippen LogP contribution is 2.23. The molecular formula is C19H31Cl2N3O2. The third kappa shape index (κ3) is 5.57. The highest BCUT2D eigenvalue weighted by Gasteiger charge is 2.32. The summed E-state index contributed by atoms with van der Waals surface area (Å²) in [5.74, 6) is 0.0448. The van der Waals surface area contributed by atoms with Crippen molar-refractivity contribution in [3.8, 4) is 0 Å². The van der Waals surface area contributed by atoms with Gasteiger partial charge in [-0.05, 0) is 32.3 Å². The molecule has 2 aliphatic heterocycles. The lowest BCUT2D eigenvalue weighted by Crippen LogP contribution is -2.54. The molecule has 0 unspecified atom stereocenters. The Morgan fingerprint density at radius 2 is 1.62 bits per heavy atom. The van der Waals surface area contributed by atoms with Gasteiger partial charge in [-0.3, -0.25) is 9.69 Å². The topological polar surface area (TPSA) is 58.8 Å². The predicted octanol–water partition coefficient (Wildman–Crippen LogP) is 2.63. The summed E-state index contributed by atoms with van der Waals surface area (Å²) in [4.78, 5) is 17.1. The van der Waals surface area contributed by atoms with Crippen LogP contribution in [0.5, 0.6) is 0 Å². The van der Waals surface area contributed by atoms with Crippen LogP contribution in [-0.4, -0.2) is 60.1 Å². The molecule has 0 aromatic heterocycles. The summed E-state index contributed by atoms with van der Waals surface area (Å²) >= 11 is 0. The zero-order chi connectivity index (χ0) is 17.1. The maximum atomic E-state index is 12.7. The summed E-state index contributed by atoms with van der Waals surface area (Å²) in [6, 6.07) is 9.64. The number of hydrogen-bond donors (Lipinski definition) is 1. The van der Waals surface area contributed by atoms with Gasteiger partial charge < -0.3 is 15.4 Å². The molecular weight excluding hydrogens is 373 g/mol. The fourth-order valence-electron chi connectivity index (χ4n) is 3.97. The van der Waals surface area contributed by atoms with E-state index in [1.165, 1.54) is 0 Å². The molecule has 0 bridgehead atoms. The van der Waals surface area contributed by atoms with Gasteiger partial charge in [0.2, 0.25) is 5.91 Å². The van der Waals surface area contributed by atoms with Crippen LogP contribution in [0, 0.1) is 0 Å². The number of nitrogens with zero attached hydrogens (tertiary/aromatic N) is 2. The quantitative estimate of drug-likeness (QED) is 0.842. The Balaban J connectivity index is 0.00000169. The Labute approximate surface area is 169 Å². The third-order valence-corrected chi connectivity index (χ3v) is 5.17. The smallest absolute Gasteiger partial charge is 0.244 e. The van der Waals surface area contributed by atoms with E-state index in [9.17, 15) is 4.79 Å². The normalized spacial score (nSPS) is 25.7. The Morgan fingerprint density at radius 1 is 1.08 bits per heavy atom. The van der Waals surface area contributed by atoms with Crippen LogP contribution in [-0.2, 0) is 9.53 Å². The van der Waals surface area contributed by atoms with E-state index in [1.807, 2.05) is 35.2 Å². The lowest BCUT2D eigenvalue weighted by atomic mass is 9.99. The molecule has 26 heavy (non-hydrogen) atoms. The van der Waals surface area contributed by atoms with Gasteiger partial charge in [0.1, 0.15) is 6.04 Å². The van der Waals surface area contributed by atoms with Crippen molar-refractivity contribution in [1.29, 1.82) is 0 Å². The Bertz CT molecular complexity index is 543. The molecule has 148 valence electrons. The number of carbonyl (C=O) groups is 1. The molecule has 1 aromatic rings. The van der Waals surface area contributed by atoms with Crippen LogP contribution < -0.4 is 5.73 Å². The molecule has 2 heterocycles. The van der Waals surface area contributed by atoms with E-state index in [0.29, 0.717) is 18.2 Å². The average molecular weight is 404 g/mol. The maximum Gasteiger partial charge on any atom is 0.244 e. The van der Waals surface area contributed by atoms with Crippen LogP contribution in [0.15, 0.2) is 30.3 Å². The molecule has 3 atom stereocenters. The molecule has 2 N–H and O–H groups in total. The van der Waals surface area contributed by atoms with Crippen molar-refractivity contribution < 1.29 is 9.53 Å². The monoisotopic (exact) mass is 403 g/mol. The van der Waals surface area contributed by atoms with Crippen molar-refractivity contribution in [2.75, 3.05) is 26.2 Å². The highest BCUT2D eigenvalue weighted by molar-refractivity contribution is 5.85. The largest absolute Gasteiger partial charge is 0.373 e. The van der Waals surface area contributed by atoms with E-state index < -0.39 is 6.04 Å². The fourth-order valence-corrected chi connectivity index (χ4v) is 3.97. The molecule has 1 aromatic carbocycles. The Kier molecular flexibility index (Phi) is 9.34. The molecule has 1 amide bonds. The summed E-state index contributed by atoms with van der Waals surface area (Å²) in [6.07, 6.45) is 2.62. The van der Waals surface area contributed by atoms with Crippen molar-refractivity contribution in [1.82, 2.24) is 9.80 Å². The summed E-state index contributed by atoms with van der Waals surface area (Å²) < 4.78 is 5.82. The number of halogens is 2. The third-order valence-electron chi connectivity index (χ3n) is 5.17. The number of likely N-dealkylation sites (tertiary alicyclic amines) is 1. The summed E-state index contributed by atoms with van der Waals surface area (Å²) in [7, 11) is 0. The molecule has 2 aliphatic rings. The number of piperidine rings is 1. The number of morpholine rings is 1. The zero-order valence-corrected chi connectivity index (χ0v) is 17.2. The first-order valence-corrected chi connectivity index (χ1v) is 9.03. The molecule has 5 nitrogen and oxygen atoms in total. The number of benzene rings is 1. The molecule has 7 heteroatoms. The van der Waals surface area contributed by atoms with Crippen LogP contribution in [0.1, 0.15) is 38.3 Å². The molecule has 3 rings (SSSR count). The molecule has 2 fully saturated rings. The van der Waals surface area contributed by atoms with E-state index >= 15 is 0 Å². The molecule has 0 radical (unpaired) electrons. The van der Waals surface area contributed by atoms with Crippen LogP contribution >= 0.6 is 24.8 Å². The Morgan fingerprint density at radius 3 is 2.15 bits per heavy atom. The minimum absolute atomic E-state index is 0. The highest BCUT2D eigenvalue weighted by atomic mass is 35.5. The standard InChI is InChI=1S/C19H29N3O2.2ClH/c1-14-12-22(13-15(2)24-14)17-8-10-21(11-9-17)19(23)18(20)16-6-4-3-5-7-16;;/h3-7,14-15,17-18H,8-13,20H2,1-2H3;2*1H/t14-,15+,18-;;/m1../s1. The van der Waals surface area contributed by atoms with Gasteiger partial charge in [0.25, 0.3) is 0 Å². The molecule has 0 aliphatic carbocycles. The van der Waals surface area contributed by atoms with E-state index in [2.05, 4.69) is 18.7 Å². The second-order valence-corrected chi connectivity index (χ2v) is 7.16. The number of amides is 1. The first-order chi connectivity index (χ1) is 11.5. The van der Waals surface area contributed by atoms with Crippen molar-refractivity contribution in [2.45, 2.75) is 51.0 Å². The second kappa shape index (κ2) is 10.5.